The van der Waals surface area contributed by atoms with Gasteiger partial charge in [0, 0.05) is 51.4 Å². The second kappa shape index (κ2) is 8.62. The quantitative estimate of drug-likeness (QED) is 0.723. The molecule has 2 aromatic rings. The molecule has 4 rings (SSSR count). The summed E-state index contributed by atoms with van der Waals surface area (Å²) in [4.78, 5) is 23.4. The number of carbonyl (C=O) groups is 1. The first-order chi connectivity index (χ1) is 14.1. The molecule has 158 valence electrons. The normalized spacial score (nSPS) is 20.1. The summed E-state index contributed by atoms with van der Waals surface area (Å²) in [6.45, 7) is 5.05. The molecule has 4 heterocycles. The molecule has 2 aromatic heterocycles. The van der Waals surface area contributed by atoms with Crippen LogP contribution in [0.5, 0.6) is 0 Å². The predicted octanol–water partition coefficient (Wildman–Crippen LogP) is 2.47. The van der Waals surface area contributed by atoms with Crippen molar-refractivity contribution < 1.29 is 23.2 Å². The lowest BCUT2D eigenvalue weighted by atomic mass is 9.75. The highest BCUT2D eigenvalue weighted by Gasteiger charge is 2.42. The van der Waals surface area contributed by atoms with Gasteiger partial charge in [-0.05, 0) is 39.0 Å². The van der Waals surface area contributed by atoms with Crippen molar-refractivity contribution in [2.75, 3.05) is 40.0 Å². The Kier molecular flexibility index (Phi) is 5.96. The number of oxazole rings is 1. The molecule has 0 unspecified atom stereocenters. The van der Waals surface area contributed by atoms with Gasteiger partial charge in [0.1, 0.15) is 0 Å². The SMILES string of the molecule is COCCC1(c2noc(C3CCOCC3)n2)CCN(C(=O)c2ocnc2C)CC1. The van der Waals surface area contributed by atoms with Crippen molar-refractivity contribution in [1.82, 2.24) is 20.0 Å². The zero-order valence-electron chi connectivity index (χ0n) is 17.1. The van der Waals surface area contributed by atoms with E-state index >= 15 is 0 Å². The molecule has 1 amide bonds. The standard InChI is InChI=1S/C20H28N4O5/c1-14-16(28-13-21-14)18(25)24-8-5-20(6-9-24,7-12-26-2)19-22-17(29-23-19)15-3-10-27-11-4-15/h13,15H,3-12H2,1-2H3. The van der Waals surface area contributed by atoms with E-state index in [1.807, 2.05) is 4.90 Å². The minimum Gasteiger partial charge on any atom is -0.438 e. The smallest absolute Gasteiger partial charge is 0.291 e. The molecule has 29 heavy (non-hydrogen) atoms. The molecule has 2 aliphatic rings. The summed E-state index contributed by atoms with van der Waals surface area (Å²) in [6.07, 6.45) is 5.42. The number of rotatable bonds is 6. The van der Waals surface area contributed by atoms with Crippen molar-refractivity contribution in [3.63, 3.8) is 0 Å². The Balaban J connectivity index is 1.49. The van der Waals surface area contributed by atoms with E-state index in [2.05, 4.69) is 10.1 Å². The maximum atomic E-state index is 12.8. The first-order valence-corrected chi connectivity index (χ1v) is 10.2. The maximum Gasteiger partial charge on any atom is 0.291 e. The molecule has 0 aliphatic carbocycles. The van der Waals surface area contributed by atoms with Gasteiger partial charge in [-0.2, -0.15) is 4.98 Å². The number of carbonyl (C=O) groups excluding carboxylic acids is 1. The van der Waals surface area contributed by atoms with E-state index in [1.54, 1.807) is 14.0 Å². The minimum atomic E-state index is -0.254. The van der Waals surface area contributed by atoms with Gasteiger partial charge >= 0.3 is 0 Å². The van der Waals surface area contributed by atoms with E-state index in [1.165, 1.54) is 6.39 Å². The first kappa shape index (κ1) is 20.0. The highest BCUT2D eigenvalue weighted by Crippen LogP contribution is 2.38. The van der Waals surface area contributed by atoms with Crippen LogP contribution in [0.3, 0.4) is 0 Å². The third-order valence-corrected chi connectivity index (χ3v) is 6.22. The Morgan fingerprint density at radius 2 is 2.07 bits per heavy atom. The van der Waals surface area contributed by atoms with Crippen LogP contribution in [0.2, 0.25) is 0 Å². The Hall–Kier alpha value is -2.26. The van der Waals surface area contributed by atoms with Gasteiger partial charge in [0.15, 0.2) is 12.2 Å². The highest BCUT2D eigenvalue weighted by molar-refractivity contribution is 5.92. The minimum absolute atomic E-state index is 0.114. The van der Waals surface area contributed by atoms with Crippen LogP contribution in [-0.2, 0) is 14.9 Å². The van der Waals surface area contributed by atoms with Gasteiger partial charge in [-0.25, -0.2) is 4.98 Å². The molecule has 2 saturated heterocycles. The van der Waals surface area contributed by atoms with Gasteiger partial charge < -0.3 is 23.3 Å². The lowest BCUT2D eigenvalue weighted by Crippen LogP contribution is -2.46. The van der Waals surface area contributed by atoms with Crippen LogP contribution in [0.15, 0.2) is 15.3 Å². The average Bonchev–Trinajstić information content (AvgIpc) is 3.42. The number of nitrogens with zero attached hydrogens (tertiary/aromatic N) is 4. The largest absolute Gasteiger partial charge is 0.438 e. The van der Waals surface area contributed by atoms with Gasteiger partial charge in [0.2, 0.25) is 11.7 Å². The molecule has 0 bridgehead atoms. The molecule has 0 atom stereocenters. The fourth-order valence-electron chi connectivity index (χ4n) is 4.23. The number of amides is 1. The monoisotopic (exact) mass is 404 g/mol. The topological polar surface area (TPSA) is 104 Å². The Morgan fingerprint density at radius 1 is 1.31 bits per heavy atom. The molecule has 0 saturated carbocycles. The van der Waals surface area contributed by atoms with Crippen molar-refractivity contribution in [1.29, 1.82) is 0 Å². The number of likely N-dealkylation sites (tertiary alicyclic amines) is 1. The van der Waals surface area contributed by atoms with Gasteiger partial charge in [-0.1, -0.05) is 5.16 Å². The van der Waals surface area contributed by atoms with E-state index in [0.717, 1.165) is 51.1 Å². The average molecular weight is 404 g/mol. The number of ether oxygens (including phenoxy) is 2. The zero-order chi connectivity index (χ0) is 20.3. The summed E-state index contributed by atoms with van der Waals surface area (Å²) in [6, 6.07) is 0. The number of piperidine rings is 1. The second-order valence-electron chi connectivity index (χ2n) is 7.93. The van der Waals surface area contributed by atoms with Crippen molar-refractivity contribution in [2.24, 2.45) is 0 Å². The molecular formula is C20H28N4O5. The van der Waals surface area contributed by atoms with Crippen LogP contribution in [-0.4, -0.2) is 66.0 Å². The number of hydrogen-bond donors (Lipinski definition) is 0. The molecular weight excluding hydrogens is 376 g/mol. The van der Waals surface area contributed by atoms with E-state index < -0.39 is 0 Å². The highest BCUT2D eigenvalue weighted by atomic mass is 16.5. The molecule has 0 spiro atoms. The fourth-order valence-corrected chi connectivity index (χ4v) is 4.23. The Morgan fingerprint density at radius 3 is 2.72 bits per heavy atom. The van der Waals surface area contributed by atoms with E-state index in [9.17, 15) is 4.79 Å². The fraction of sp³-hybridized carbons (Fsp3) is 0.700. The van der Waals surface area contributed by atoms with Gasteiger partial charge in [-0.15, -0.1) is 0 Å². The van der Waals surface area contributed by atoms with Gasteiger partial charge in [-0.3, -0.25) is 4.79 Å². The van der Waals surface area contributed by atoms with Crippen LogP contribution < -0.4 is 0 Å². The summed E-state index contributed by atoms with van der Waals surface area (Å²) in [5.41, 5.74) is 0.362. The second-order valence-corrected chi connectivity index (χ2v) is 7.93. The van der Waals surface area contributed by atoms with E-state index in [0.29, 0.717) is 37.0 Å². The van der Waals surface area contributed by atoms with Gasteiger partial charge in [0.05, 0.1) is 5.69 Å². The Bertz CT molecular complexity index is 818. The van der Waals surface area contributed by atoms with Crippen LogP contribution in [0.25, 0.3) is 0 Å². The molecule has 2 fully saturated rings. The lowest BCUT2D eigenvalue weighted by Gasteiger charge is -2.39. The van der Waals surface area contributed by atoms with E-state index in [4.69, 9.17) is 23.4 Å². The summed E-state index contributed by atoms with van der Waals surface area (Å²) in [5, 5.41) is 4.36. The predicted molar refractivity (Wildman–Crippen MR) is 102 cm³/mol. The summed E-state index contributed by atoms with van der Waals surface area (Å²) in [7, 11) is 1.70. The first-order valence-electron chi connectivity index (χ1n) is 10.2. The summed E-state index contributed by atoms with van der Waals surface area (Å²) in [5.74, 6) is 1.91. The Labute approximate surface area is 169 Å². The number of aryl methyl sites for hydroxylation is 1. The number of hydrogen-bond acceptors (Lipinski definition) is 8. The van der Waals surface area contributed by atoms with E-state index in [-0.39, 0.29) is 17.2 Å². The van der Waals surface area contributed by atoms with Gasteiger partial charge in [0.25, 0.3) is 5.91 Å². The summed E-state index contributed by atoms with van der Waals surface area (Å²) < 4.78 is 21.7. The molecule has 0 aromatic carbocycles. The van der Waals surface area contributed by atoms with Crippen LogP contribution in [0.1, 0.15) is 66.0 Å². The van der Waals surface area contributed by atoms with Crippen molar-refractivity contribution in [3.05, 3.63) is 29.6 Å². The molecule has 0 N–H and O–H groups in total. The number of aromatic nitrogens is 3. The molecule has 9 heteroatoms. The molecule has 0 radical (unpaired) electrons. The molecule has 2 aliphatic heterocycles. The van der Waals surface area contributed by atoms with Crippen molar-refractivity contribution >= 4 is 5.91 Å². The third kappa shape index (κ3) is 4.06. The van der Waals surface area contributed by atoms with Crippen LogP contribution in [0.4, 0.5) is 0 Å². The zero-order valence-corrected chi connectivity index (χ0v) is 17.1. The number of methoxy groups -OCH3 is 1. The molecule has 9 nitrogen and oxygen atoms in total. The summed E-state index contributed by atoms with van der Waals surface area (Å²) >= 11 is 0. The maximum absolute atomic E-state index is 12.8. The van der Waals surface area contributed by atoms with Crippen LogP contribution in [0, 0.1) is 6.92 Å². The lowest BCUT2D eigenvalue weighted by molar-refractivity contribution is 0.0585. The van der Waals surface area contributed by atoms with Crippen LogP contribution >= 0.6 is 0 Å². The van der Waals surface area contributed by atoms with Crippen molar-refractivity contribution in [3.8, 4) is 0 Å². The van der Waals surface area contributed by atoms with Crippen molar-refractivity contribution in [2.45, 2.75) is 50.4 Å². The third-order valence-electron chi connectivity index (χ3n) is 6.22.